The van der Waals surface area contributed by atoms with Gasteiger partial charge in [-0.25, -0.2) is 9.78 Å². The molecule has 0 saturated heterocycles. The van der Waals surface area contributed by atoms with Crippen LogP contribution in [0.4, 0.5) is 4.79 Å². The number of imidazole rings is 1. The average molecular weight is 279 g/mol. The fraction of sp³-hybridized carbons (Fsp3) is 0. The molecule has 6 heteroatoms. The standard InChI is InChI=1S/C15H9N3O3/c16-8-10-1-3-11(4-2-10)13-9-18-6-5-12(21-15(19)20)7-14(18)17-13/h1-7,9H,(H,19,20). The number of ether oxygens (including phenoxy) is 1. The van der Waals surface area contributed by atoms with Gasteiger partial charge in [0.2, 0.25) is 0 Å². The fourth-order valence-corrected chi connectivity index (χ4v) is 1.98. The van der Waals surface area contributed by atoms with Crippen LogP contribution in [0.2, 0.25) is 0 Å². The van der Waals surface area contributed by atoms with E-state index in [0.29, 0.717) is 11.2 Å². The Morgan fingerprint density at radius 2 is 2.05 bits per heavy atom. The van der Waals surface area contributed by atoms with E-state index >= 15 is 0 Å². The zero-order chi connectivity index (χ0) is 14.8. The van der Waals surface area contributed by atoms with E-state index in [1.165, 1.54) is 0 Å². The summed E-state index contributed by atoms with van der Waals surface area (Å²) in [5, 5.41) is 17.4. The Bertz CT molecular complexity index is 860. The van der Waals surface area contributed by atoms with Gasteiger partial charge in [-0.2, -0.15) is 5.26 Å². The second kappa shape index (κ2) is 4.98. The van der Waals surface area contributed by atoms with Crippen LogP contribution in [-0.4, -0.2) is 20.6 Å². The van der Waals surface area contributed by atoms with E-state index in [0.717, 1.165) is 11.3 Å². The largest absolute Gasteiger partial charge is 0.511 e. The van der Waals surface area contributed by atoms with Crippen molar-refractivity contribution in [3.63, 3.8) is 0 Å². The minimum Gasteiger partial charge on any atom is -0.449 e. The molecule has 0 bridgehead atoms. The molecule has 0 fully saturated rings. The van der Waals surface area contributed by atoms with E-state index in [4.69, 9.17) is 10.4 Å². The number of fused-ring (bicyclic) bond motifs is 1. The third kappa shape index (κ3) is 2.53. The number of carboxylic acid groups (broad SMARTS) is 1. The molecule has 21 heavy (non-hydrogen) atoms. The number of benzene rings is 1. The van der Waals surface area contributed by atoms with Crippen LogP contribution in [-0.2, 0) is 0 Å². The SMILES string of the molecule is N#Cc1ccc(-c2cn3ccc(OC(=O)O)cc3n2)cc1. The minimum absolute atomic E-state index is 0.215. The van der Waals surface area contributed by atoms with Gasteiger partial charge in [0.1, 0.15) is 11.4 Å². The van der Waals surface area contributed by atoms with Gasteiger partial charge < -0.3 is 14.2 Å². The molecule has 2 heterocycles. The quantitative estimate of drug-likeness (QED) is 0.729. The van der Waals surface area contributed by atoms with Crippen molar-refractivity contribution in [3.8, 4) is 23.1 Å². The minimum atomic E-state index is -1.36. The van der Waals surface area contributed by atoms with Crippen molar-refractivity contribution in [2.24, 2.45) is 0 Å². The molecule has 0 saturated carbocycles. The topological polar surface area (TPSA) is 87.6 Å². The number of aromatic nitrogens is 2. The maximum atomic E-state index is 10.5. The summed E-state index contributed by atoms with van der Waals surface area (Å²) in [5.41, 5.74) is 2.76. The van der Waals surface area contributed by atoms with Gasteiger partial charge in [0.05, 0.1) is 17.3 Å². The summed E-state index contributed by atoms with van der Waals surface area (Å²) in [6, 6.07) is 12.2. The first-order chi connectivity index (χ1) is 10.2. The van der Waals surface area contributed by atoms with Crippen molar-refractivity contribution < 1.29 is 14.6 Å². The van der Waals surface area contributed by atoms with Gasteiger partial charge in [0.25, 0.3) is 0 Å². The van der Waals surface area contributed by atoms with Crippen LogP contribution in [0.3, 0.4) is 0 Å². The monoisotopic (exact) mass is 279 g/mol. The highest BCUT2D eigenvalue weighted by Crippen LogP contribution is 2.22. The Morgan fingerprint density at radius 1 is 1.29 bits per heavy atom. The molecule has 0 aliphatic rings. The average Bonchev–Trinajstić information content (AvgIpc) is 2.90. The third-order valence-electron chi connectivity index (χ3n) is 2.95. The number of nitrogens with zero attached hydrogens (tertiary/aromatic N) is 3. The van der Waals surface area contributed by atoms with E-state index in [9.17, 15) is 4.79 Å². The summed E-state index contributed by atoms with van der Waals surface area (Å²) in [5.74, 6) is 0.215. The van der Waals surface area contributed by atoms with Crippen molar-refractivity contribution in [2.45, 2.75) is 0 Å². The van der Waals surface area contributed by atoms with Gasteiger partial charge >= 0.3 is 6.16 Å². The number of carbonyl (C=O) groups is 1. The molecule has 0 spiro atoms. The molecule has 3 aromatic rings. The van der Waals surface area contributed by atoms with Gasteiger partial charge in [-0.05, 0) is 18.2 Å². The van der Waals surface area contributed by atoms with Gasteiger partial charge in [-0.15, -0.1) is 0 Å². The number of hydrogen-bond acceptors (Lipinski definition) is 4. The highest BCUT2D eigenvalue weighted by molar-refractivity contribution is 5.65. The molecule has 0 atom stereocenters. The first-order valence-corrected chi connectivity index (χ1v) is 6.06. The fourth-order valence-electron chi connectivity index (χ4n) is 1.98. The van der Waals surface area contributed by atoms with Crippen molar-refractivity contribution in [1.82, 2.24) is 9.38 Å². The smallest absolute Gasteiger partial charge is 0.449 e. The summed E-state index contributed by atoms with van der Waals surface area (Å²) in [6.45, 7) is 0. The summed E-state index contributed by atoms with van der Waals surface area (Å²) in [6.07, 6.45) is 2.13. The lowest BCUT2D eigenvalue weighted by Gasteiger charge is -1.99. The molecule has 0 aliphatic carbocycles. The summed E-state index contributed by atoms with van der Waals surface area (Å²) < 4.78 is 6.36. The van der Waals surface area contributed by atoms with Gasteiger partial charge in [-0.1, -0.05) is 12.1 Å². The van der Waals surface area contributed by atoms with Crippen molar-refractivity contribution in [3.05, 3.63) is 54.4 Å². The van der Waals surface area contributed by atoms with Crippen LogP contribution < -0.4 is 4.74 Å². The van der Waals surface area contributed by atoms with Crippen molar-refractivity contribution >= 4 is 11.8 Å². The molecule has 102 valence electrons. The maximum absolute atomic E-state index is 10.5. The van der Waals surface area contributed by atoms with Crippen LogP contribution in [0.5, 0.6) is 5.75 Å². The Kier molecular flexibility index (Phi) is 3.01. The molecular formula is C15H9N3O3. The Hall–Kier alpha value is -3.33. The molecule has 0 unspecified atom stereocenters. The molecule has 1 aromatic carbocycles. The molecule has 1 N–H and O–H groups in total. The Labute approximate surface area is 119 Å². The zero-order valence-corrected chi connectivity index (χ0v) is 10.7. The molecule has 0 aliphatic heterocycles. The van der Waals surface area contributed by atoms with Crippen LogP contribution in [0, 0.1) is 11.3 Å². The van der Waals surface area contributed by atoms with E-state index in [2.05, 4.69) is 15.8 Å². The van der Waals surface area contributed by atoms with Gasteiger partial charge in [0.15, 0.2) is 0 Å². The second-order valence-electron chi connectivity index (χ2n) is 4.31. The predicted molar refractivity (Wildman–Crippen MR) is 74.0 cm³/mol. The van der Waals surface area contributed by atoms with E-state index < -0.39 is 6.16 Å². The first kappa shape index (κ1) is 12.7. The summed E-state index contributed by atoms with van der Waals surface area (Å²) in [7, 11) is 0. The van der Waals surface area contributed by atoms with Crippen molar-refractivity contribution in [2.75, 3.05) is 0 Å². The van der Waals surface area contributed by atoms with E-state index in [-0.39, 0.29) is 5.75 Å². The van der Waals surface area contributed by atoms with Crippen LogP contribution in [0.25, 0.3) is 16.9 Å². The third-order valence-corrected chi connectivity index (χ3v) is 2.95. The number of nitriles is 1. The molecule has 0 amide bonds. The molecular weight excluding hydrogens is 270 g/mol. The lowest BCUT2D eigenvalue weighted by atomic mass is 10.1. The lowest BCUT2D eigenvalue weighted by Crippen LogP contribution is -2.03. The predicted octanol–water partition coefficient (Wildman–Crippen LogP) is 2.93. The molecule has 6 nitrogen and oxygen atoms in total. The highest BCUT2D eigenvalue weighted by atomic mass is 16.7. The molecule has 0 radical (unpaired) electrons. The van der Waals surface area contributed by atoms with Crippen LogP contribution in [0.1, 0.15) is 5.56 Å². The number of rotatable bonds is 2. The zero-order valence-electron chi connectivity index (χ0n) is 10.7. The lowest BCUT2D eigenvalue weighted by molar-refractivity contribution is 0.144. The normalized spacial score (nSPS) is 10.2. The van der Waals surface area contributed by atoms with E-state index in [1.54, 1.807) is 34.9 Å². The number of pyridine rings is 1. The van der Waals surface area contributed by atoms with Crippen molar-refractivity contribution in [1.29, 1.82) is 5.26 Å². The molecule has 3 rings (SSSR count). The summed E-state index contributed by atoms with van der Waals surface area (Å²) in [4.78, 5) is 14.9. The maximum Gasteiger partial charge on any atom is 0.511 e. The molecule has 2 aromatic heterocycles. The first-order valence-electron chi connectivity index (χ1n) is 6.06. The van der Waals surface area contributed by atoms with E-state index in [1.807, 2.05) is 18.3 Å². The number of hydrogen-bond donors (Lipinski definition) is 1. The second-order valence-corrected chi connectivity index (χ2v) is 4.31. The van der Waals surface area contributed by atoms with Gasteiger partial charge in [0, 0.05) is 24.0 Å². The highest BCUT2D eigenvalue weighted by Gasteiger charge is 2.07. The van der Waals surface area contributed by atoms with Crippen LogP contribution in [0.15, 0.2) is 48.8 Å². The summed E-state index contributed by atoms with van der Waals surface area (Å²) >= 11 is 0. The Morgan fingerprint density at radius 3 is 2.71 bits per heavy atom. The van der Waals surface area contributed by atoms with Gasteiger partial charge in [-0.3, -0.25) is 0 Å². The van der Waals surface area contributed by atoms with Crippen LogP contribution >= 0.6 is 0 Å². The Balaban J connectivity index is 2.00.